The molecule has 2 aromatic carbocycles. The minimum absolute atomic E-state index is 0.0579. The van der Waals surface area contributed by atoms with Gasteiger partial charge in [0.1, 0.15) is 5.82 Å². The molecule has 0 fully saturated rings. The first kappa shape index (κ1) is 14.5. The molecular weight excluding hydrogens is 329 g/mol. The Morgan fingerprint density at radius 2 is 1.84 bits per heavy atom. The molecule has 4 heteroatoms. The number of hydrogen-bond acceptors (Lipinski definition) is 1. The molecule has 0 aliphatic rings. The van der Waals surface area contributed by atoms with E-state index in [1.54, 1.807) is 12.1 Å². The van der Waals surface area contributed by atoms with Crippen LogP contribution in [-0.4, -0.2) is 6.54 Å². The van der Waals surface area contributed by atoms with Crippen LogP contribution < -0.4 is 5.73 Å². The second-order valence-corrected chi connectivity index (χ2v) is 5.71. The minimum atomic E-state index is -0.275. The largest absolute Gasteiger partial charge is 0.330 e. The summed E-state index contributed by atoms with van der Waals surface area (Å²) in [7, 11) is 0. The van der Waals surface area contributed by atoms with Gasteiger partial charge in [0.25, 0.3) is 0 Å². The molecule has 0 saturated heterocycles. The Labute approximate surface area is 125 Å². The second kappa shape index (κ2) is 6.51. The highest BCUT2D eigenvalue weighted by molar-refractivity contribution is 9.10. The quantitative estimate of drug-likeness (QED) is 0.868. The molecule has 0 aliphatic heterocycles. The maximum atomic E-state index is 13.8. The Bertz CT molecular complexity index is 536. The van der Waals surface area contributed by atoms with E-state index in [0.29, 0.717) is 23.6 Å². The SMILES string of the molecule is NCC(Cc1c(F)cccc1Cl)c1ccc(Br)cc1. The summed E-state index contributed by atoms with van der Waals surface area (Å²) in [6.45, 7) is 0.451. The van der Waals surface area contributed by atoms with Crippen LogP contribution in [0, 0.1) is 5.82 Å². The Hall–Kier alpha value is -0.900. The Balaban J connectivity index is 2.26. The van der Waals surface area contributed by atoms with E-state index in [4.69, 9.17) is 17.3 Å². The summed E-state index contributed by atoms with van der Waals surface area (Å²) in [4.78, 5) is 0. The zero-order valence-corrected chi connectivity index (χ0v) is 12.6. The maximum absolute atomic E-state index is 13.8. The van der Waals surface area contributed by atoms with E-state index in [-0.39, 0.29) is 11.7 Å². The summed E-state index contributed by atoms with van der Waals surface area (Å²) in [5.74, 6) is -0.217. The van der Waals surface area contributed by atoms with Crippen LogP contribution >= 0.6 is 27.5 Å². The van der Waals surface area contributed by atoms with E-state index in [9.17, 15) is 4.39 Å². The van der Waals surface area contributed by atoms with Gasteiger partial charge < -0.3 is 5.73 Å². The van der Waals surface area contributed by atoms with E-state index in [1.165, 1.54) is 6.07 Å². The van der Waals surface area contributed by atoms with E-state index < -0.39 is 0 Å². The Morgan fingerprint density at radius 3 is 2.42 bits per heavy atom. The van der Waals surface area contributed by atoms with Gasteiger partial charge in [0.2, 0.25) is 0 Å². The van der Waals surface area contributed by atoms with Crippen molar-refractivity contribution in [3.8, 4) is 0 Å². The van der Waals surface area contributed by atoms with Crippen molar-refractivity contribution in [3.05, 3.63) is 68.9 Å². The van der Waals surface area contributed by atoms with Gasteiger partial charge in [0.05, 0.1) is 0 Å². The van der Waals surface area contributed by atoms with Gasteiger partial charge >= 0.3 is 0 Å². The van der Waals surface area contributed by atoms with Crippen molar-refractivity contribution in [3.63, 3.8) is 0 Å². The first-order chi connectivity index (χ1) is 9.11. The van der Waals surface area contributed by atoms with E-state index in [0.717, 1.165) is 10.0 Å². The van der Waals surface area contributed by atoms with E-state index in [2.05, 4.69) is 15.9 Å². The average molecular weight is 343 g/mol. The highest BCUT2D eigenvalue weighted by Crippen LogP contribution is 2.27. The standard InChI is InChI=1S/C15H14BrClFN/c16-12-6-4-10(5-7-12)11(9-19)8-13-14(17)2-1-3-15(13)18/h1-7,11H,8-9,19H2. The van der Waals surface area contributed by atoms with Crippen LogP contribution in [0.25, 0.3) is 0 Å². The average Bonchev–Trinajstić information content (AvgIpc) is 2.40. The summed E-state index contributed by atoms with van der Waals surface area (Å²) in [6, 6.07) is 12.7. The van der Waals surface area contributed by atoms with Crippen LogP contribution in [0.15, 0.2) is 46.9 Å². The predicted molar refractivity (Wildman–Crippen MR) is 81.1 cm³/mol. The topological polar surface area (TPSA) is 26.0 Å². The number of nitrogens with two attached hydrogens (primary N) is 1. The molecule has 0 aliphatic carbocycles. The third kappa shape index (κ3) is 3.56. The summed E-state index contributed by atoms with van der Waals surface area (Å²) < 4.78 is 14.8. The molecule has 2 aromatic rings. The van der Waals surface area contributed by atoms with Crippen LogP contribution in [0.2, 0.25) is 5.02 Å². The zero-order valence-electron chi connectivity index (χ0n) is 10.2. The highest BCUT2D eigenvalue weighted by Gasteiger charge is 2.15. The van der Waals surface area contributed by atoms with Crippen molar-refractivity contribution in [2.45, 2.75) is 12.3 Å². The molecule has 19 heavy (non-hydrogen) atoms. The molecule has 0 saturated carbocycles. The van der Waals surface area contributed by atoms with Gasteiger partial charge in [-0.2, -0.15) is 0 Å². The third-order valence-corrected chi connectivity index (χ3v) is 4.02. The van der Waals surface area contributed by atoms with Crippen molar-refractivity contribution in [2.24, 2.45) is 5.73 Å². The minimum Gasteiger partial charge on any atom is -0.330 e. The molecule has 0 heterocycles. The first-order valence-electron chi connectivity index (χ1n) is 6.00. The molecule has 100 valence electrons. The third-order valence-electron chi connectivity index (χ3n) is 3.14. The lowest BCUT2D eigenvalue weighted by Gasteiger charge is -2.16. The second-order valence-electron chi connectivity index (χ2n) is 4.39. The van der Waals surface area contributed by atoms with Crippen LogP contribution in [-0.2, 0) is 6.42 Å². The van der Waals surface area contributed by atoms with Crippen LogP contribution in [0.5, 0.6) is 0 Å². The van der Waals surface area contributed by atoms with Crippen LogP contribution in [0.3, 0.4) is 0 Å². The normalized spacial score (nSPS) is 12.4. The van der Waals surface area contributed by atoms with Gasteiger partial charge in [0.15, 0.2) is 0 Å². The zero-order chi connectivity index (χ0) is 13.8. The number of hydrogen-bond donors (Lipinski definition) is 1. The van der Waals surface area contributed by atoms with Crippen molar-refractivity contribution in [1.82, 2.24) is 0 Å². The molecule has 0 spiro atoms. The molecule has 2 rings (SSSR count). The molecule has 0 radical (unpaired) electrons. The molecule has 1 unspecified atom stereocenters. The van der Waals surface area contributed by atoms with Crippen LogP contribution in [0.1, 0.15) is 17.0 Å². The fourth-order valence-electron chi connectivity index (χ4n) is 2.05. The monoisotopic (exact) mass is 341 g/mol. The fourth-order valence-corrected chi connectivity index (χ4v) is 2.55. The Morgan fingerprint density at radius 1 is 1.16 bits per heavy atom. The lowest BCUT2D eigenvalue weighted by atomic mass is 9.92. The number of halogens is 3. The highest BCUT2D eigenvalue weighted by atomic mass is 79.9. The smallest absolute Gasteiger partial charge is 0.127 e. The maximum Gasteiger partial charge on any atom is 0.127 e. The van der Waals surface area contributed by atoms with Gasteiger partial charge in [-0.25, -0.2) is 4.39 Å². The first-order valence-corrected chi connectivity index (χ1v) is 7.17. The van der Waals surface area contributed by atoms with Gasteiger partial charge in [-0.3, -0.25) is 0 Å². The van der Waals surface area contributed by atoms with Gasteiger partial charge in [-0.15, -0.1) is 0 Å². The lowest BCUT2D eigenvalue weighted by Crippen LogP contribution is -2.16. The molecule has 1 atom stereocenters. The molecular formula is C15H14BrClFN. The number of benzene rings is 2. The number of rotatable bonds is 4. The summed E-state index contributed by atoms with van der Waals surface area (Å²) in [5, 5.41) is 0.454. The molecule has 1 nitrogen and oxygen atoms in total. The summed E-state index contributed by atoms with van der Waals surface area (Å²) in [5.41, 5.74) is 7.43. The van der Waals surface area contributed by atoms with Gasteiger partial charge in [0, 0.05) is 21.0 Å². The van der Waals surface area contributed by atoms with Gasteiger partial charge in [-0.05, 0) is 42.8 Å². The van der Waals surface area contributed by atoms with E-state index in [1.807, 2.05) is 24.3 Å². The van der Waals surface area contributed by atoms with E-state index >= 15 is 0 Å². The van der Waals surface area contributed by atoms with Crippen molar-refractivity contribution >= 4 is 27.5 Å². The lowest BCUT2D eigenvalue weighted by molar-refractivity contribution is 0.590. The summed E-state index contributed by atoms with van der Waals surface area (Å²) >= 11 is 9.45. The van der Waals surface area contributed by atoms with Crippen molar-refractivity contribution in [2.75, 3.05) is 6.54 Å². The fraction of sp³-hybridized carbons (Fsp3) is 0.200. The van der Waals surface area contributed by atoms with Crippen molar-refractivity contribution in [1.29, 1.82) is 0 Å². The van der Waals surface area contributed by atoms with Crippen LogP contribution in [0.4, 0.5) is 4.39 Å². The predicted octanol–water partition coefficient (Wildman–Crippen LogP) is 4.53. The molecule has 0 bridgehead atoms. The van der Waals surface area contributed by atoms with Crippen molar-refractivity contribution < 1.29 is 4.39 Å². The van der Waals surface area contributed by atoms with Gasteiger partial charge in [-0.1, -0.05) is 45.7 Å². The molecule has 0 aromatic heterocycles. The summed E-state index contributed by atoms with van der Waals surface area (Å²) in [6.07, 6.45) is 0.504. The Kier molecular flexibility index (Phi) is 4.97. The molecule has 0 amide bonds. The molecule has 2 N–H and O–H groups in total.